The number of carbonyl (C=O) groups excluding carboxylic acids is 2. The van der Waals surface area contributed by atoms with Gasteiger partial charge in [0.1, 0.15) is 5.75 Å². The minimum atomic E-state index is -0.212. The van der Waals surface area contributed by atoms with E-state index < -0.39 is 0 Å². The van der Waals surface area contributed by atoms with E-state index in [2.05, 4.69) is 10.6 Å². The smallest absolute Gasteiger partial charge is 0.228 e. The number of rotatable bonds is 6. The summed E-state index contributed by atoms with van der Waals surface area (Å²) in [4.78, 5) is 23.0. The Labute approximate surface area is 118 Å². The van der Waals surface area contributed by atoms with Gasteiger partial charge in [0.2, 0.25) is 11.8 Å². The van der Waals surface area contributed by atoms with Gasteiger partial charge in [0.25, 0.3) is 0 Å². The first-order valence-electron chi connectivity index (χ1n) is 6.48. The molecule has 4 N–H and O–H groups in total. The lowest BCUT2D eigenvalue weighted by molar-refractivity contribution is -0.119. The number of hydrogen-bond acceptors (Lipinski definition) is 4. The summed E-state index contributed by atoms with van der Waals surface area (Å²) in [5.41, 5.74) is 6.70. The van der Waals surface area contributed by atoms with Gasteiger partial charge in [0, 0.05) is 25.2 Å². The number of benzene rings is 1. The molecule has 0 aromatic heterocycles. The Hall–Kier alpha value is -2.08. The standard InChI is InChI=1S/C14H21N3O3/c1-4-10(8-15)14(19)17-11-5-6-12(16-9(2)18)13(7-11)20-3/h5-7,10H,4,8,15H2,1-3H3,(H,16,18)(H,17,19). The highest BCUT2D eigenvalue weighted by Crippen LogP contribution is 2.28. The molecule has 20 heavy (non-hydrogen) atoms. The molecule has 0 aliphatic heterocycles. The van der Waals surface area contributed by atoms with Crippen LogP contribution in [0.25, 0.3) is 0 Å². The van der Waals surface area contributed by atoms with Crippen LogP contribution >= 0.6 is 0 Å². The van der Waals surface area contributed by atoms with Gasteiger partial charge in [-0.25, -0.2) is 0 Å². The second-order valence-corrected chi connectivity index (χ2v) is 4.43. The average molecular weight is 279 g/mol. The van der Waals surface area contributed by atoms with Crippen LogP contribution in [0, 0.1) is 5.92 Å². The first kappa shape index (κ1) is 16.0. The number of ether oxygens (including phenoxy) is 1. The molecule has 6 heteroatoms. The van der Waals surface area contributed by atoms with Gasteiger partial charge in [-0.15, -0.1) is 0 Å². The van der Waals surface area contributed by atoms with Crippen molar-refractivity contribution in [3.63, 3.8) is 0 Å². The third-order valence-corrected chi connectivity index (χ3v) is 2.93. The van der Waals surface area contributed by atoms with Crippen molar-refractivity contribution in [2.24, 2.45) is 11.7 Å². The summed E-state index contributed by atoms with van der Waals surface area (Å²) in [6, 6.07) is 5.04. The van der Waals surface area contributed by atoms with Crippen molar-refractivity contribution in [1.29, 1.82) is 0 Å². The van der Waals surface area contributed by atoms with Crippen molar-refractivity contribution in [3.05, 3.63) is 18.2 Å². The van der Waals surface area contributed by atoms with Crippen molar-refractivity contribution >= 4 is 23.2 Å². The molecule has 110 valence electrons. The molecule has 0 bridgehead atoms. The number of amides is 2. The molecule has 0 fully saturated rings. The third-order valence-electron chi connectivity index (χ3n) is 2.93. The highest BCUT2D eigenvalue weighted by molar-refractivity contribution is 5.94. The van der Waals surface area contributed by atoms with E-state index in [9.17, 15) is 9.59 Å². The highest BCUT2D eigenvalue weighted by Gasteiger charge is 2.15. The second-order valence-electron chi connectivity index (χ2n) is 4.43. The number of hydrogen-bond donors (Lipinski definition) is 3. The molecule has 6 nitrogen and oxygen atoms in total. The summed E-state index contributed by atoms with van der Waals surface area (Å²) in [5.74, 6) is -0.0339. The summed E-state index contributed by atoms with van der Waals surface area (Å²) in [6.07, 6.45) is 0.684. The lowest BCUT2D eigenvalue weighted by Crippen LogP contribution is -2.28. The molecule has 1 atom stereocenters. The molecule has 1 unspecified atom stereocenters. The molecule has 0 aliphatic rings. The van der Waals surface area contributed by atoms with E-state index in [4.69, 9.17) is 10.5 Å². The van der Waals surface area contributed by atoms with Gasteiger partial charge < -0.3 is 21.1 Å². The van der Waals surface area contributed by atoms with Crippen LogP contribution in [0.15, 0.2) is 18.2 Å². The molecule has 0 saturated heterocycles. The average Bonchev–Trinajstić information content (AvgIpc) is 2.41. The Morgan fingerprint density at radius 1 is 1.35 bits per heavy atom. The number of nitrogens with one attached hydrogen (secondary N) is 2. The zero-order valence-corrected chi connectivity index (χ0v) is 12.0. The first-order valence-corrected chi connectivity index (χ1v) is 6.48. The maximum absolute atomic E-state index is 11.9. The summed E-state index contributed by atoms with van der Waals surface area (Å²) in [5, 5.41) is 5.44. The Bertz CT molecular complexity index is 485. The van der Waals surface area contributed by atoms with Crippen LogP contribution in [0.3, 0.4) is 0 Å². The van der Waals surface area contributed by atoms with E-state index >= 15 is 0 Å². The summed E-state index contributed by atoms with van der Waals surface area (Å²) in [6.45, 7) is 3.64. The predicted octanol–water partition coefficient (Wildman–Crippen LogP) is 1.58. The van der Waals surface area contributed by atoms with Crippen molar-refractivity contribution in [1.82, 2.24) is 0 Å². The topological polar surface area (TPSA) is 93.5 Å². The second kappa shape index (κ2) is 7.49. The number of nitrogens with two attached hydrogens (primary N) is 1. The molecule has 1 aromatic rings. The third kappa shape index (κ3) is 4.24. The minimum Gasteiger partial charge on any atom is -0.494 e. The minimum absolute atomic E-state index is 0.121. The number of carbonyl (C=O) groups is 2. The zero-order valence-electron chi connectivity index (χ0n) is 12.0. The van der Waals surface area contributed by atoms with Crippen molar-refractivity contribution < 1.29 is 14.3 Å². The molecular weight excluding hydrogens is 258 g/mol. The Balaban J connectivity index is 2.87. The summed E-state index contributed by atoms with van der Waals surface area (Å²) >= 11 is 0. The highest BCUT2D eigenvalue weighted by atomic mass is 16.5. The van der Waals surface area contributed by atoms with E-state index in [1.54, 1.807) is 18.2 Å². The normalized spacial score (nSPS) is 11.6. The Kier molecular flexibility index (Phi) is 5.99. The van der Waals surface area contributed by atoms with E-state index in [1.807, 2.05) is 6.92 Å². The van der Waals surface area contributed by atoms with Crippen molar-refractivity contribution in [3.8, 4) is 5.75 Å². The summed E-state index contributed by atoms with van der Waals surface area (Å²) in [7, 11) is 1.50. The predicted molar refractivity (Wildman–Crippen MR) is 78.8 cm³/mol. The summed E-state index contributed by atoms with van der Waals surface area (Å²) < 4.78 is 5.19. The fourth-order valence-corrected chi connectivity index (χ4v) is 1.77. The van der Waals surface area contributed by atoms with Gasteiger partial charge >= 0.3 is 0 Å². The van der Waals surface area contributed by atoms with E-state index in [1.165, 1.54) is 14.0 Å². The molecule has 0 heterocycles. The maximum atomic E-state index is 11.9. The zero-order chi connectivity index (χ0) is 15.1. The molecule has 0 aliphatic carbocycles. The van der Waals surface area contributed by atoms with E-state index in [0.717, 1.165) is 0 Å². The van der Waals surface area contributed by atoms with Gasteiger partial charge in [-0.2, -0.15) is 0 Å². The van der Waals surface area contributed by atoms with Crippen LogP contribution < -0.4 is 21.1 Å². The van der Waals surface area contributed by atoms with Gasteiger partial charge in [-0.05, 0) is 18.6 Å². The first-order chi connectivity index (χ1) is 9.51. The fraction of sp³-hybridized carbons (Fsp3) is 0.429. The number of anilines is 2. The Morgan fingerprint density at radius 2 is 2.05 bits per heavy atom. The molecule has 1 aromatic carbocycles. The number of methoxy groups -OCH3 is 1. The molecule has 1 rings (SSSR count). The SMILES string of the molecule is CCC(CN)C(=O)Nc1ccc(NC(C)=O)c(OC)c1. The molecule has 0 saturated carbocycles. The molecular formula is C14H21N3O3. The largest absolute Gasteiger partial charge is 0.494 e. The van der Waals surface area contributed by atoms with E-state index in [-0.39, 0.29) is 17.7 Å². The van der Waals surface area contributed by atoms with Crippen LogP contribution in [0.5, 0.6) is 5.75 Å². The van der Waals surface area contributed by atoms with Gasteiger partial charge in [0.15, 0.2) is 0 Å². The van der Waals surface area contributed by atoms with Gasteiger partial charge in [-0.3, -0.25) is 9.59 Å². The van der Waals surface area contributed by atoms with Gasteiger partial charge in [0.05, 0.1) is 18.7 Å². The molecule has 0 spiro atoms. The fourth-order valence-electron chi connectivity index (χ4n) is 1.77. The lowest BCUT2D eigenvalue weighted by atomic mass is 10.1. The van der Waals surface area contributed by atoms with Crippen LogP contribution in [-0.4, -0.2) is 25.5 Å². The van der Waals surface area contributed by atoms with Crippen LogP contribution in [0.4, 0.5) is 11.4 Å². The van der Waals surface area contributed by atoms with Gasteiger partial charge in [-0.1, -0.05) is 6.92 Å². The van der Waals surface area contributed by atoms with Crippen LogP contribution in [-0.2, 0) is 9.59 Å². The quantitative estimate of drug-likeness (QED) is 0.737. The lowest BCUT2D eigenvalue weighted by Gasteiger charge is -2.15. The maximum Gasteiger partial charge on any atom is 0.228 e. The van der Waals surface area contributed by atoms with Crippen molar-refractivity contribution in [2.75, 3.05) is 24.3 Å². The Morgan fingerprint density at radius 3 is 2.55 bits per heavy atom. The van der Waals surface area contributed by atoms with Crippen LogP contribution in [0.1, 0.15) is 20.3 Å². The molecule has 0 radical (unpaired) electrons. The molecule has 2 amide bonds. The van der Waals surface area contributed by atoms with E-state index in [0.29, 0.717) is 30.1 Å². The van der Waals surface area contributed by atoms with Crippen molar-refractivity contribution in [2.45, 2.75) is 20.3 Å². The van der Waals surface area contributed by atoms with Crippen LogP contribution in [0.2, 0.25) is 0 Å². The monoisotopic (exact) mass is 279 g/mol.